The highest BCUT2D eigenvalue weighted by Crippen LogP contribution is 2.10. The number of hydrogen-bond acceptors (Lipinski definition) is 6. The van der Waals surface area contributed by atoms with Gasteiger partial charge in [-0.3, -0.25) is 18.7 Å². The first-order valence-corrected chi connectivity index (χ1v) is 9.66. The SMILES string of the molecule is Cn1c(=O)n(Cc2ccc(F)cc2)c(=O)c2cc(C(=O)NCc3ccnc(N)c3)ncc21. The van der Waals surface area contributed by atoms with Crippen LogP contribution in [0.3, 0.4) is 0 Å². The number of amides is 1. The normalized spacial score (nSPS) is 10.9. The average Bonchev–Trinajstić information content (AvgIpc) is 2.79. The Balaban J connectivity index is 1.67. The number of benzene rings is 1. The standard InChI is InChI=1S/C22H19FN6O3/c1-28-18-11-26-17(20(30)27-10-14-6-7-25-19(24)8-14)9-16(18)21(31)29(22(28)32)12-13-2-4-15(23)5-3-13/h2-9,11H,10,12H2,1H3,(H2,24,25)(H,27,30). The number of nitrogens with zero attached hydrogens (tertiary/aromatic N) is 4. The number of fused-ring (bicyclic) bond motifs is 1. The molecule has 10 heteroatoms. The zero-order valence-electron chi connectivity index (χ0n) is 17.1. The number of carbonyl (C=O) groups is 1. The summed E-state index contributed by atoms with van der Waals surface area (Å²) in [6, 6.07) is 10.2. The summed E-state index contributed by atoms with van der Waals surface area (Å²) in [7, 11) is 1.51. The van der Waals surface area contributed by atoms with Gasteiger partial charge in [-0.1, -0.05) is 12.1 Å². The molecule has 0 aliphatic carbocycles. The number of pyridine rings is 2. The second kappa shape index (κ2) is 8.42. The molecule has 0 saturated carbocycles. The highest BCUT2D eigenvalue weighted by atomic mass is 19.1. The van der Waals surface area contributed by atoms with Gasteiger partial charge in [-0.15, -0.1) is 0 Å². The van der Waals surface area contributed by atoms with Crippen LogP contribution in [0.25, 0.3) is 10.9 Å². The lowest BCUT2D eigenvalue weighted by molar-refractivity contribution is 0.0946. The van der Waals surface area contributed by atoms with Crippen LogP contribution in [0.4, 0.5) is 10.2 Å². The van der Waals surface area contributed by atoms with E-state index in [-0.39, 0.29) is 24.2 Å². The third-order valence-electron chi connectivity index (χ3n) is 5.02. The van der Waals surface area contributed by atoms with Gasteiger partial charge in [0.25, 0.3) is 11.5 Å². The summed E-state index contributed by atoms with van der Waals surface area (Å²) >= 11 is 0. The summed E-state index contributed by atoms with van der Waals surface area (Å²) in [4.78, 5) is 46.4. The van der Waals surface area contributed by atoms with Crippen molar-refractivity contribution in [2.75, 3.05) is 5.73 Å². The molecular weight excluding hydrogens is 415 g/mol. The summed E-state index contributed by atoms with van der Waals surface area (Å²) in [5.74, 6) is -0.562. The topological polar surface area (TPSA) is 125 Å². The smallest absolute Gasteiger partial charge is 0.331 e. The van der Waals surface area contributed by atoms with E-state index < -0.39 is 23.0 Å². The van der Waals surface area contributed by atoms with Gasteiger partial charge in [0.15, 0.2) is 0 Å². The summed E-state index contributed by atoms with van der Waals surface area (Å²) in [6.07, 6.45) is 2.86. The van der Waals surface area contributed by atoms with E-state index >= 15 is 0 Å². The lowest BCUT2D eigenvalue weighted by Gasteiger charge is -2.12. The van der Waals surface area contributed by atoms with Crippen molar-refractivity contribution in [1.29, 1.82) is 0 Å². The van der Waals surface area contributed by atoms with Crippen LogP contribution in [0, 0.1) is 5.82 Å². The number of nitrogens with one attached hydrogen (secondary N) is 1. The third kappa shape index (κ3) is 4.10. The van der Waals surface area contributed by atoms with Crippen molar-refractivity contribution >= 4 is 22.6 Å². The Morgan fingerprint density at radius 1 is 1.09 bits per heavy atom. The van der Waals surface area contributed by atoms with Gasteiger partial charge in [-0.25, -0.2) is 19.2 Å². The molecule has 1 amide bonds. The molecule has 4 aromatic rings. The van der Waals surface area contributed by atoms with E-state index in [9.17, 15) is 18.8 Å². The number of halogens is 1. The van der Waals surface area contributed by atoms with Crippen molar-refractivity contribution in [3.8, 4) is 0 Å². The van der Waals surface area contributed by atoms with Crippen LogP contribution < -0.4 is 22.3 Å². The molecule has 0 radical (unpaired) electrons. The maximum absolute atomic E-state index is 13.2. The van der Waals surface area contributed by atoms with Gasteiger partial charge in [0.2, 0.25) is 0 Å². The number of rotatable bonds is 5. The highest BCUT2D eigenvalue weighted by molar-refractivity contribution is 5.95. The van der Waals surface area contributed by atoms with Crippen LogP contribution in [0.1, 0.15) is 21.6 Å². The summed E-state index contributed by atoms with van der Waals surface area (Å²) < 4.78 is 15.5. The van der Waals surface area contributed by atoms with Gasteiger partial charge < -0.3 is 11.1 Å². The number of aromatic nitrogens is 4. The van der Waals surface area contributed by atoms with E-state index in [1.807, 2.05) is 0 Å². The Bertz CT molecular complexity index is 1440. The molecule has 162 valence electrons. The van der Waals surface area contributed by atoms with Gasteiger partial charge in [-0.2, -0.15) is 0 Å². The van der Waals surface area contributed by atoms with Gasteiger partial charge in [-0.05, 0) is 41.5 Å². The van der Waals surface area contributed by atoms with Crippen LogP contribution in [0.15, 0.2) is 64.4 Å². The molecule has 0 spiro atoms. The zero-order valence-corrected chi connectivity index (χ0v) is 17.1. The molecular formula is C22H19FN6O3. The summed E-state index contributed by atoms with van der Waals surface area (Å²) in [6.45, 7) is 0.169. The van der Waals surface area contributed by atoms with E-state index in [2.05, 4.69) is 15.3 Å². The molecule has 9 nitrogen and oxygen atoms in total. The van der Waals surface area contributed by atoms with E-state index in [0.717, 1.165) is 10.1 Å². The maximum Gasteiger partial charge on any atom is 0.331 e. The van der Waals surface area contributed by atoms with Crippen molar-refractivity contribution in [3.05, 3.63) is 98.3 Å². The second-order valence-electron chi connectivity index (χ2n) is 7.22. The van der Waals surface area contributed by atoms with Gasteiger partial charge in [0.05, 0.1) is 23.6 Å². The van der Waals surface area contributed by atoms with Crippen LogP contribution in [-0.2, 0) is 20.1 Å². The first kappa shape index (κ1) is 20.9. The molecule has 1 aromatic carbocycles. The maximum atomic E-state index is 13.2. The number of anilines is 1. The molecule has 0 unspecified atom stereocenters. The molecule has 0 atom stereocenters. The van der Waals surface area contributed by atoms with Crippen LogP contribution in [0.2, 0.25) is 0 Å². The van der Waals surface area contributed by atoms with Crippen molar-refractivity contribution in [2.24, 2.45) is 7.05 Å². The molecule has 3 N–H and O–H groups in total. The Morgan fingerprint density at radius 3 is 2.56 bits per heavy atom. The van der Waals surface area contributed by atoms with Crippen molar-refractivity contribution in [3.63, 3.8) is 0 Å². The molecule has 4 rings (SSSR count). The Labute approximate surface area is 181 Å². The van der Waals surface area contributed by atoms with Gasteiger partial charge >= 0.3 is 5.69 Å². The molecule has 0 bridgehead atoms. The fraction of sp³-hybridized carbons (Fsp3) is 0.136. The molecule has 3 heterocycles. The number of nitrogen functional groups attached to an aromatic ring is 1. The van der Waals surface area contributed by atoms with Crippen LogP contribution >= 0.6 is 0 Å². The lowest BCUT2D eigenvalue weighted by atomic mass is 10.2. The molecule has 32 heavy (non-hydrogen) atoms. The Hall–Kier alpha value is -4.34. The Morgan fingerprint density at radius 2 is 1.84 bits per heavy atom. The first-order valence-electron chi connectivity index (χ1n) is 9.66. The molecule has 0 aliphatic rings. The monoisotopic (exact) mass is 434 g/mol. The average molecular weight is 434 g/mol. The van der Waals surface area contributed by atoms with Crippen molar-refractivity contribution < 1.29 is 9.18 Å². The number of hydrogen-bond donors (Lipinski definition) is 2. The fourth-order valence-corrected chi connectivity index (χ4v) is 3.32. The van der Waals surface area contributed by atoms with E-state index in [1.165, 1.54) is 54.3 Å². The Kier molecular flexibility index (Phi) is 5.50. The number of carbonyl (C=O) groups excluding carboxylic acids is 1. The minimum atomic E-state index is -0.564. The second-order valence-corrected chi connectivity index (χ2v) is 7.22. The van der Waals surface area contributed by atoms with Gasteiger partial charge in [0.1, 0.15) is 17.3 Å². The lowest BCUT2D eigenvalue weighted by Crippen LogP contribution is -2.39. The minimum absolute atomic E-state index is 0.0311. The molecule has 0 aliphatic heterocycles. The van der Waals surface area contributed by atoms with E-state index in [4.69, 9.17) is 5.73 Å². The largest absolute Gasteiger partial charge is 0.384 e. The van der Waals surface area contributed by atoms with Gasteiger partial charge in [0, 0.05) is 19.8 Å². The summed E-state index contributed by atoms with van der Waals surface area (Å²) in [5.41, 5.74) is 6.22. The fourth-order valence-electron chi connectivity index (χ4n) is 3.32. The number of aryl methyl sites for hydroxylation is 1. The van der Waals surface area contributed by atoms with E-state index in [0.29, 0.717) is 16.9 Å². The molecule has 0 fully saturated rings. The predicted octanol–water partition coefficient (Wildman–Crippen LogP) is 1.19. The van der Waals surface area contributed by atoms with E-state index in [1.54, 1.807) is 12.1 Å². The molecule has 0 saturated heterocycles. The van der Waals surface area contributed by atoms with Crippen LogP contribution in [-0.4, -0.2) is 25.0 Å². The highest BCUT2D eigenvalue weighted by Gasteiger charge is 2.15. The number of nitrogens with two attached hydrogens (primary N) is 1. The van der Waals surface area contributed by atoms with Crippen LogP contribution in [0.5, 0.6) is 0 Å². The quantitative estimate of drug-likeness (QED) is 0.486. The zero-order chi connectivity index (χ0) is 22.8. The predicted molar refractivity (Wildman–Crippen MR) is 117 cm³/mol. The molecule has 3 aromatic heterocycles. The van der Waals surface area contributed by atoms with Crippen molar-refractivity contribution in [2.45, 2.75) is 13.1 Å². The minimum Gasteiger partial charge on any atom is -0.384 e. The van der Waals surface area contributed by atoms with Crippen molar-refractivity contribution in [1.82, 2.24) is 24.4 Å². The summed E-state index contributed by atoms with van der Waals surface area (Å²) in [5, 5.41) is 2.88. The first-order chi connectivity index (χ1) is 15.3. The third-order valence-corrected chi connectivity index (χ3v) is 5.02.